The number of rotatable bonds is 3. The summed E-state index contributed by atoms with van der Waals surface area (Å²) < 4.78 is 0. The molecule has 3 rings (SSSR count). The van der Waals surface area contributed by atoms with Crippen LogP contribution in [-0.2, 0) is 0 Å². The molecule has 0 N–H and O–H groups in total. The van der Waals surface area contributed by atoms with Crippen LogP contribution in [0.3, 0.4) is 0 Å². The van der Waals surface area contributed by atoms with Gasteiger partial charge in [-0.3, -0.25) is 0 Å². The van der Waals surface area contributed by atoms with Crippen molar-refractivity contribution in [2.24, 2.45) is 29.6 Å². The Morgan fingerprint density at radius 2 is 1.11 bits per heavy atom. The second-order valence-electron chi connectivity index (χ2n) is 7.57. The van der Waals surface area contributed by atoms with Crippen molar-refractivity contribution < 1.29 is 0 Å². The van der Waals surface area contributed by atoms with E-state index in [1.54, 1.807) is 64.2 Å². The molecule has 0 bridgehead atoms. The van der Waals surface area contributed by atoms with E-state index in [0.29, 0.717) is 0 Å². The predicted octanol–water partition coefficient (Wildman–Crippen LogP) is 5.81. The molecule has 3 fully saturated rings. The molecule has 104 valence electrons. The van der Waals surface area contributed by atoms with Crippen LogP contribution < -0.4 is 0 Å². The standard InChI is InChI=1S/C18H32/c1-2-14-9-11-16(12-10-14)18-8-4-7-17(13-18)15-5-3-6-15/h14-18H,2-13H2,1H3. The Labute approximate surface area is 114 Å². The van der Waals surface area contributed by atoms with E-state index in [1.165, 1.54) is 12.8 Å². The molecule has 0 saturated heterocycles. The van der Waals surface area contributed by atoms with Crippen molar-refractivity contribution in [1.82, 2.24) is 0 Å². The molecular formula is C18H32. The van der Waals surface area contributed by atoms with Gasteiger partial charge in [0.15, 0.2) is 0 Å². The van der Waals surface area contributed by atoms with E-state index in [-0.39, 0.29) is 0 Å². The fourth-order valence-corrected chi connectivity index (χ4v) is 5.10. The van der Waals surface area contributed by atoms with E-state index in [2.05, 4.69) is 6.92 Å². The van der Waals surface area contributed by atoms with Gasteiger partial charge < -0.3 is 0 Å². The summed E-state index contributed by atoms with van der Waals surface area (Å²) >= 11 is 0. The molecule has 2 atom stereocenters. The van der Waals surface area contributed by atoms with Crippen molar-refractivity contribution in [2.75, 3.05) is 0 Å². The first-order valence-electron chi connectivity index (χ1n) is 8.86. The average Bonchev–Trinajstić information content (AvgIpc) is 2.37. The number of hydrogen-bond donors (Lipinski definition) is 0. The second-order valence-corrected chi connectivity index (χ2v) is 7.57. The average molecular weight is 248 g/mol. The molecule has 0 heteroatoms. The van der Waals surface area contributed by atoms with Gasteiger partial charge in [-0.05, 0) is 48.9 Å². The van der Waals surface area contributed by atoms with Crippen molar-refractivity contribution >= 4 is 0 Å². The topological polar surface area (TPSA) is 0 Å². The van der Waals surface area contributed by atoms with Crippen LogP contribution in [0.2, 0.25) is 0 Å². The van der Waals surface area contributed by atoms with Gasteiger partial charge in [0.05, 0.1) is 0 Å². The van der Waals surface area contributed by atoms with Gasteiger partial charge in [0.1, 0.15) is 0 Å². The Hall–Kier alpha value is 0. The summed E-state index contributed by atoms with van der Waals surface area (Å²) in [6, 6.07) is 0. The molecule has 0 nitrogen and oxygen atoms in total. The monoisotopic (exact) mass is 248 g/mol. The third kappa shape index (κ3) is 2.78. The van der Waals surface area contributed by atoms with E-state index in [1.807, 2.05) is 0 Å². The molecule has 0 radical (unpaired) electrons. The minimum Gasteiger partial charge on any atom is -0.0651 e. The van der Waals surface area contributed by atoms with Crippen LogP contribution in [0, 0.1) is 29.6 Å². The molecule has 0 aromatic rings. The maximum absolute atomic E-state index is 2.39. The quantitative estimate of drug-likeness (QED) is 0.591. The Balaban J connectivity index is 1.49. The van der Waals surface area contributed by atoms with E-state index in [4.69, 9.17) is 0 Å². The van der Waals surface area contributed by atoms with Gasteiger partial charge in [-0.2, -0.15) is 0 Å². The highest BCUT2D eigenvalue weighted by atomic mass is 14.4. The molecule has 0 aromatic heterocycles. The third-order valence-electron chi connectivity index (χ3n) is 6.71. The van der Waals surface area contributed by atoms with E-state index in [9.17, 15) is 0 Å². The maximum atomic E-state index is 2.39. The van der Waals surface area contributed by atoms with Crippen LogP contribution in [-0.4, -0.2) is 0 Å². The van der Waals surface area contributed by atoms with Gasteiger partial charge in [0.25, 0.3) is 0 Å². The van der Waals surface area contributed by atoms with Crippen molar-refractivity contribution in [3.8, 4) is 0 Å². The molecule has 0 aromatic carbocycles. The maximum Gasteiger partial charge on any atom is -0.0383 e. The van der Waals surface area contributed by atoms with Gasteiger partial charge in [-0.25, -0.2) is 0 Å². The largest absolute Gasteiger partial charge is 0.0651 e. The van der Waals surface area contributed by atoms with E-state index < -0.39 is 0 Å². The van der Waals surface area contributed by atoms with Crippen LogP contribution in [0.4, 0.5) is 0 Å². The van der Waals surface area contributed by atoms with Crippen LogP contribution >= 0.6 is 0 Å². The molecule has 18 heavy (non-hydrogen) atoms. The zero-order valence-electron chi connectivity index (χ0n) is 12.4. The van der Waals surface area contributed by atoms with Crippen LogP contribution in [0.25, 0.3) is 0 Å². The van der Waals surface area contributed by atoms with Gasteiger partial charge in [-0.15, -0.1) is 0 Å². The summed E-state index contributed by atoms with van der Waals surface area (Å²) in [5, 5.41) is 0. The summed E-state index contributed by atoms with van der Waals surface area (Å²) in [4.78, 5) is 0. The molecule has 0 aliphatic heterocycles. The fourth-order valence-electron chi connectivity index (χ4n) is 5.10. The minimum absolute atomic E-state index is 1.08. The third-order valence-corrected chi connectivity index (χ3v) is 6.71. The summed E-state index contributed by atoms with van der Waals surface area (Å²) in [5.41, 5.74) is 0. The van der Waals surface area contributed by atoms with Gasteiger partial charge in [0.2, 0.25) is 0 Å². The molecule has 0 spiro atoms. The minimum atomic E-state index is 1.08. The van der Waals surface area contributed by atoms with Crippen molar-refractivity contribution in [3.05, 3.63) is 0 Å². The first-order chi connectivity index (χ1) is 8.86. The Morgan fingerprint density at radius 1 is 0.611 bits per heavy atom. The van der Waals surface area contributed by atoms with E-state index >= 15 is 0 Å². The van der Waals surface area contributed by atoms with Crippen LogP contribution in [0.1, 0.15) is 84.0 Å². The van der Waals surface area contributed by atoms with Crippen LogP contribution in [0.15, 0.2) is 0 Å². The lowest BCUT2D eigenvalue weighted by Gasteiger charge is -2.43. The summed E-state index contributed by atoms with van der Waals surface area (Å²) in [6.45, 7) is 2.39. The smallest absolute Gasteiger partial charge is 0.0383 e. The Bertz CT molecular complexity index is 245. The number of hydrogen-bond acceptors (Lipinski definition) is 0. The first-order valence-corrected chi connectivity index (χ1v) is 8.86. The molecule has 0 heterocycles. The van der Waals surface area contributed by atoms with Gasteiger partial charge in [-0.1, -0.05) is 64.7 Å². The normalized spacial score (nSPS) is 42.5. The Morgan fingerprint density at radius 3 is 1.61 bits per heavy atom. The SMILES string of the molecule is CCC1CCC(C2CCCC(C3CCC3)C2)CC1. The lowest BCUT2D eigenvalue weighted by molar-refractivity contribution is 0.0860. The highest BCUT2D eigenvalue weighted by Gasteiger charge is 2.35. The predicted molar refractivity (Wildman–Crippen MR) is 78.5 cm³/mol. The summed E-state index contributed by atoms with van der Waals surface area (Å²) in [6.07, 6.45) is 18.7. The second kappa shape index (κ2) is 5.97. The molecule has 3 aliphatic carbocycles. The van der Waals surface area contributed by atoms with Crippen molar-refractivity contribution in [2.45, 2.75) is 84.0 Å². The molecule has 2 unspecified atom stereocenters. The zero-order valence-corrected chi connectivity index (χ0v) is 12.4. The van der Waals surface area contributed by atoms with Gasteiger partial charge >= 0.3 is 0 Å². The molecule has 3 aliphatic rings. The summed E-state index contributed by atoms with van der Waals surface area (Å²) in [5.74, 6) is 5.62. The zero-order chi connectivity index (χ0) is 12.4. The Kier molecular flexibility index (Phi) is 4.31. The highest BCUT2D eigenvalue weighted by molar-refractivity contribution is 4.86. The van der Waals surface area contributed by atoms with Crippen molar-refractivity contribution in [3.63, 3.8) is 0 Å². The van der Waals surface area contributed by atoms with Crippen molar-refractivity contribution in [1.29, 1.82) is 0 Å². The van der Waals surface area contributed by atoms with E-state index in [0.717, 1.165) is 29.6 Å². The lowest BCUT2D eigenvalue weighted by Crippen LogP contribution is -2.31. The molecular weight excluding hydrogens is 216 g/mol. The van der Waals surface area contributed by atoms with Gasteiger partial charge in [0, 0.05) is 0 Å². The lowest BCUT2D eigenvalue weighted by atomic mass is 9.63. The van der Waals surface area contributed by atoms with Crippen LogP contribution in [0.5, 0.6) is 0 Å². The first kappa shape index (κ1) is 13.0. The molecule has 0 amide bonds. The highest BCUT2D eigenvalue weighted by Crippen LogP contribution is 2.47. The molecule has 3 saturated carbocycles. The fraction of sp³-hybridized carbons (Fsp3) is 1.00. The summed E-state index contributed by atoms with van der Waals surface area (Å²) in [7, 11) is 0.